The van der Waals surface area contributed by atoms with E-state index in [2.05, 4.69) is 34.5 Å². The third kappa shape index (κ3) is 6.39. The van der Waals surface area contributed by atoms with Gasteiger partial charge in [-0.25, -0.2) is 0 Å². The topological polar surface area (TPSA) is 32.9 Å². The second-order valence-corrected chi connectivity index (χ2v) is 3.47. The SMILES string of the molecule is CCCI.Cc1cccc(=O)[nH]1. The molecule has 0 spiro atoms. The average Bonchev–Trinajstić information content (AvgIpc) is 2.04. The monoisotopic (exact) mass is 279 g/mol. The van der Waals surface area contributed by atoms with Gasteiger partial charge in [0.15, 0.2) is 0 Å². The number of aromatic nitrogens is 1. The smallest absolute Gasteiger partial charge is 0.248 e. The molecule has 0 saturated heterocycles. The van der Waals surface area contributed by atoms with E-state index in [4.69, 9.17) is 0 Å². The molecule has 0 saturated carbocycles. The molecule has 0 aliphatic rings. The zero-order chi connectivity index (χ0) is 9.40. The number of hydrogen-bond acceptors (Lipinski definition) is 1. The minimum atomic E-state index is -0.0370. The van der Waals surface area contributed by atoms with Crippen molar-refractivity contribution in [3.63, 3.8) is 0 Å². The lowest BCUT2D eigenvalue weighted by molar-refractivity contribution is 1.13. The molecular formula is C9H14INO. The van der Waals surface area contributed by atoms with Crippen LogP contribution in [-0.4, -0.2) is 9.41 Å². The first-order valence-corrected chi connectivity index (χ1v) is 5.45. The molecule has 1 aromatic heterocycles. The van der Waals surface area contributed by atoms with E-state index in [-0.39, 0.29) is 5.56 Å². The van der Waals surface area contributed by atoms with Crippen LogP contribution in [0.1, 0.15) is 19.0 Å². The predicted molar refractivity (Wildman–Crippen MR) is 61.0 cm³/mol. The predicted octanol–water partition coefficient (Wildman–Crippen LogP) is 2.51. The van der Waals surface area contributed by atoms with Crippen molar-refractivity contribution in [2.24, 2.45) is 0 Å². The van der Waals surface area contributed by atoms with E-state index in [9.17, 15) is 4.79 Å². The first-order chi connectivity index (χ1) is 5.70. The number of nitrogens with one attached hydrogen (secondary N) is 1. The second kappa shape index (κ2) is 7.34. The van der Waals surface area contributed by atoms with E-state index in [0.29, 0.717) is 0 Å². The molecule has 0 bridgehead atoms. The molecule has 0 aromatic carbocycles. The molecule has 2 nitrogen and oxygen atoms in total. The Morgan fingerprint density at radius 2 is 2.08 bits per heavy atom. The van der Waals surface area contributed by atoms with Crippen LogP contribution in [0.25, 0.3) is 0 Å². The zero-order valence-electron chi connectivity index (χ0n) is 7.43. The van der Waals surface area contributed by atoms with Crippen LogP contribution in [0.2, 0.25) is 0 Å². The summed E-state index contributed by atoms with van der Waals surface area (Å²) in [4.78, 5) is 13.0. The quantitative estimate of drug-likeness (QED) is 0.622. The highest BCUT2D eigenvalue weighted by Gasteiger charge is 1.79. The summed E-state index contributed by atoms with van der Waals surface area (Å²) in [6.07, 6.45) is 1.31. The number of aryl methyl sites for hydroxylation is 1. The summed E-state index contributed by atoms with van der Waals surface area (Å²) < 4.78 is 1.29. The van der Waals surface area contributed by atoms with Crippen molar-refractivity contribution >= 4 is 22.6 Å². The maximum Gasteiger partial charge on any atom is 0.248 e. The van der Waals surface area contributed by atoms with Gasteiger partial charge in [-0.05, 0) is 23.8 Å². The molecule has 1 N–H and O–H groups in total. The van der Waals surface area contributed by atoms with Crippen LogP contribution in [0.4, 0.5) is 0 Å². The Kier molecular flexibility index (Phi) is 7.14. The maximum atomic E-state index is 10.4. The van der Waals surface area contributed by atoms with Crippen molar-refractivity contribution in [3.05, 3.63) is 34.2 Å². The van der Waals surface area contributed by atoms with Gasteiger partial charge in [-0.15, -0.1) is 0 Å². The summed E-state index contributed by atoms with van der Waals surface area (Å²) in [5, 5.41) is 0. The lowest BCUT2D eigenvalue weighted by Crippen LogP contribution is -2.02. The average molecular weight is 279 g/mol. The molecule has 12 heavy (non-hydrogen) atoms. The molecular weight excluding hydrogens is 265 g/mol. The molecule has 0 atom stereocenters. The van der Waals surface area contributed by atoms with E-state index in [1.165, 1.54) is 16.9 Å². The fraction of sp³-hybridized carbons (Fsp3) is 0.444. The lowest BCUT2D eigenvalue weighted by Gasteiger charge is -1.84. The Morgan fingerprint density at radius 3 is 2.33 bits per heavy atom. The van der Waals surface area contributed by atoms with Crippen LogP contribution in [0, 0.1) is 6.92 Å². The molecule has 1 rings (SSSR count). The molecule has 1 aromatic rings. The molecule has 0 amide bonds. The molecule has 68 valence electrons. The number of alkyl halides is 1. The number of aromatic amines is 1. The number of H-pyrrole nitrogens is 1. The third-order valence-electron chi connectivity index (χ3n) is 1.10. The molecule has 0 aliphatic carbocycles. The van der Waals surface area contributed by atoms with Gasteiger partial charge in [0.25, 0.3) is 0 Å². The summed E-state index contributed by atoms with van der Waals surface area (Å²) in [6, 6.07) is 5.07. The Hall–Kier alpha value is -0.320. The maximum absolute atomic E-state index is 10.4. The zero-order valence-corrected chi connectivity index (χ0v) is 9.59. The highest BCUT2D eigenvalue weighted by atomic mass is 127. The first-order valence-electron chi connectivity index (χ1n) is 3.92. The van der Waals surface area contributed by atoms with Gasteiger partial charge in [0, 0.05) is 11.8 Å². The van der Waals surface area contributed by atoms with Gasteiger partial charge < -0.3 is 4.98 Å². The number of hydrogen-bond donors (Lipinski definition) is 1. The highest BCUT2D eigenvalue weighted by molar-refractivity contribution is 14.1. The van der Waals surface area contributed by atoms with E-state index >= 15 is 0 Å². The first kappa shape index (κ1) is 11.7. The number of pyridine rings is 1. The van der Waals surface area contributed by atoms with Crippen LogP contribution in [0.15, 0.2) is 23.0 Å². The van der Waals surface area contributed by atoms with Gasteiger partial charge in [0.05, 0.1) is 0 Å². The Labute approximate surface area is 86.5 Å². The normalized spacial score (nSPS) is 8.58. The number of rotatable bonds is 1. The van der Waals surface area contributed by atoms with E-state index < -0.39 is 0 Å². The van der Waals surface area contributed by atoms with Crippen molar-refractivity contribution in [1.29, 1.82) is 0 Å². The second-order valence-electron chi connectivity index (χ2n) is 2.39. The van der Waals surface area contributed by atoms with Crippen molar-refractivity contribution < 1.29 is 0 Å². The van der Waals surface area contributed by atoms with E-state index in [0.717, 1.165) is 5.69 Å². The molecule has 3 heteroatoms. The summed E-state index contributed by atoms with van der Waals surface area (Å²) >= 11 is 2.35. The summed E-state index contributed by atoms with van der Waals surface area (Å²) in [5.74, 6) is 0. The van der Waals surface area contributed by atoms with Crippen molar-refractivity contribution in [1.82, 2.24) is 4.98 Å². The van der Waals surface area contributed by atoms with Crippen LogP contribution in [0.5, 0.6) is 0 Å². The van der Waals surface area contributed by atoms with Gasteiger partial charge in [0.2, 0.25) is 5.56 Å². The molecule has 0 radical (unpaired) electrons. The van der Waals surface area contributed by atoms with Crippen molar-refractivity contribution in [2.45, 2.75) is 20.3 Å². The fourth-order valence-corrected chi connectivity index (χ4v) is 0.558. The largest absolute Gasteiger partial charge is 0.327 e. The number of halogens is 1. The molecule has 1 heterocycles. The van der Waals surface area contributed by atoms with Crippen molar-refractivity contribution in [2.75, 3.05) is 4.43 Å². The highest BCUT2D eigenvalue weighted by Crippen LogP contribution is 1.82. The minimum absolute atomic E-state index is 0.0370. The van der Waals surface area contributed by atoms with Crippen molar-refractivity contribution in [3.8, 4) is 0 Å². The van der Waals surface area contributed by atoms with E-state index in [1.54, 1.807) is 6.07 Å². The van der Waals surface area contributed by atoms with Gasteiger partial charge in [-0.2, -0.15) is 0 Å². The van der Waals surface area contributed by atoms with Crippen LogP contribution < -0.4 is 5.56 Å². The molecule has 0 unspecified atom stereocenters. The molecule has 0 aliphatic heterocycles. The Morgan fingerprint density at radius 1 is 1.50 bits per heavy atom. The molecule has 0 fully saturated rings. The van der Waals surface area contributed by atoms with E-state index in [1.807, 2.05) is 13.0 Å². The fourth-order valence-electron chi connectivity index (χ4n) is 0.558. The van der Waals surface area contributed by atoms with Gasteiger partial charge >= 0.3 is 0 Å². The third-order valence-corrected chi connectivity index (χ3v) is 2.18. The lowest BCUT2D eigenvalue weighted by atomic mass is 10.4. The summed E-state index contributed by atoms with van der Waals surface area (Å²) in [7, 11) is 0. The summed E-state index contributed by atoms with van der Waals surface area (Å²) in [6.45, 7) is 4.02. The Bertz CT molecular complexity index is 255. The minimum Gasteiger partial charge on any atom is -0.327 e. The van der Waals surface area contributed by atoms with Gasteiger partial charge in [-0.3, -0.25) is 4.79 Å². The Balaban J connectivity index is 0.000000261. The van der Waals surface area contributed by atoms with Crippen LogP contribution >= 0.6 is 22.6 Å². The van der Waals surface area contributed by atoms with Crippen LogP contribution in [0.3, 0.4) is 0 Å². The standard InChI is InChI=1S/C6H7NO.C3H7I/c1-5-3-2-4-6(8)7-5;1-2-3-4/h2-4H,1H3,(H,7,8);2-3H2,1H3. The van der Waals surface area contributed by atoms with Crippen LogP contribution in [-0.2, 0) is 0 Å². The summed E-state index contributed by atoms with van der Waals surface area (Å²) in [5.41, 5.74) is 0.863. The van der Waals surface area contributed by atoms with Gasteiger partial charge in [0.1, 0.15) is 0 Å². The van der Waals surface area contributed by atoms with Gasteiger partial charge in [-0.1, -0.05) is 35.6 Å².